The van der Waals surface area contributed by atoms with Crippen LogP contribution in [0, 0.1) is 3.57 Å². The molecule has 0 bridgehead atoms. The first-order valence-electron chi connectivity index (χ1n) is 2.59. The Kier molecular flexibility index (Phi) is 2.73. The topological polar surface area (TPSA) is 22.1 Å². The van der Waals surface area contributed by atoms with Gasteiger partial charge in [0.25, 0.3) is 0 Å². The molecule has 0 aliphatic heterocycles. The van der Waals surface area contributed by atoms with Gasteiger partial charge in [-0.25, -0.2) is 4.98 Å². The Morgan fingerprint density at radius 1 is 1.70 bits per heavy atom. The van der Waals surface area contributed by atoms with E-state index in [2.05, 4.69) is 27.6 Å². The van der Waals surface area contributed by atoms with Gasteiger partial charge in [0.05, 0.1) is 15.7 Å². The van der Waals surface area contributed by atoms with Crippen molar-refractivity contribution in [2.45, 2.75) is 0 Å². The standard InChI is InChI=1S/C6H5ClINO/c1-10-6-5(8)4(7)2-3-9-6/h2-3H,1H3. The van der Waals surface area contributed by atoms with E-state index in [4.69, 9.17) is 16.3 Å². The van der Waals surface area contributed by atoms with Crippen molar-refractivity contribution in [1.29, 1.82) is 0 Å². The second-order valence-corrected chi connectivity index (χ2v) is 3.10. The third-order valence-electron chi connectivity index (χ3n) is 1.00. The van der Waals surface area contributed by atoms with Gasteiger partial charge < -0.3 is 4.74 Å². The third-order valence-corrected chi connectivity index (χ3v) is 2.68. The smallest absolute Gasteiger partial charge is 0.228 e. The van der Waals surface area contributed by atoms with Crippen LogP contribution in [-0.2, 0) is 0 Å². The highest BCUT2D eigenvalue weighted by molar-refractivity contribution is 14.1. The molecule has 0 atom stereocenters. The summed E-state index contributed by atoms with van der Waals surface area (Å²) in [6, 6.07) is 1.73. The number of pyridine rings is 1. The summed E-state index contributed by atoms with van der Waals surface area (Å²) in [5.74, 6) is 0.577. The van der Waals surface area contributed by atoms with Crippen LogP contribution in [0.1, 0.15) is 0 Å². The molecule has 0 saturated carbocycles. The van der Waals surface area contributed by atoms with Crippen molar-refractivity contribution >= 4 is 34.2 Å². The van der Waals surface area contributed by atoms with Crippen LogP contribution in [0.15, 0.2) is 12.3 Å². The molecular weight excluding hydrogens is 264 g/mol. The SMILES string of the molecule is COc1nccc(Cl)c1I. The summed E-state index contributed by atoms with van der Waals surface area (Å²) in [6.07, 6.45) is 1.61. The number of hydrogen-bond donors (Lipinski definition) is 0. The highest BCUT2D eigenvalue weighted by atomic mass is 127. The van der Waals surface area contributed by atoms with E-state index in [0.717, 1.165) is 3.57 Å². The zero-order valence-electron chi connectivity index (χ0n) is 5.27. The summed E-state index contributed by atoms with van der Waals surface area (Å²) in [6.45, 7) is 0. The molecule has 0 aliphatic rings. The molecule has 0 radical (unpaired) electrons. The molecule has 0 fully saturated rings. The minimum Gasteiger partial charge on any atom is -0.480 e. The molecule has 0 spiro atoms. The molecule has 0 amide bonds. The van der Waals surface area contributed by atoms with Crippen LogP contribution in [0.4, 0.5) is 0 Å². The Bertz CT molecular complexity index is 241. The van der Waals surface area contributed by atoms with Gasteiger partial charge in [-0.1, -0.05) is 11.6 Å². The lowest BCUT2D eigenvalue weighted by atomic mass is 10.5. The molecule has 2 nitrogen and oxygen atoms in total. The summed E-state index contributed by atoms with van der Waals surface area (Å²) in [5.41, 5.74) is 0. The maximum atomic E-state index is 5.77. The molecule has 10 heavy (non-hydrogen) atoms. The number of aromatic nitrogens is 1. The first-order valence-corrected chi connectivity index (χ1v) is 4.05. The van der Waals surface area contributed by atoms with E-state index in [0.29, 0.717) is 10.9 Å². The molecule has 54 valence electrons. The molecule has 1 heterocycles. The monoisotopic (exact) mass is 269 g/mol. The Morgan fingerprint density at radius 3 is 2.90 bits per heavy atom. The van der Waals surface area contributed by atoms with Gasteiger partial charge in [0.15, 0.2) is 0 Å². The third kappa shape index (κ3) is 1.52. The molecule has 1 aromatic rings. The highest BCUT2D eigenvalue weighted by Gasteiger charge is 2.03. The summed E-state index contributed by atoms with van der Waals surface area (Å²) >= 11 is 7.85. The van der Waals surface area contributed by atoms with Gasteiger partial charge >= 0.3 is 0 Å². The number of hydrogen-bond acceptors (Lipinski definition) is 2. The summed E-state index contributed by atoms with van der Waals surface area (Å²) < 4.78 is 5.77. The van der Waals surface area contributed by atoms with E-state index in [1.165, 1.54) is 0 Å². The molecule has 0 aromatic carbocycles. The van der Waals surface area contributed by atoms with Gasteiger partial charge in [-0.05, 0) is 28.7 Å². The van der Waals surface area contributed by atoms with Gasteiger partial charge in [0.1, 0.15) is 0 Å². The van der Waals surface area contributed by atoms with E-state index < -0.39 is 0 Å². The Balaban J connectivity index is 3.14. The maximum absolute atomic E-state index is 5.77. The average Bonchev–Trinajstić information content (AvgIpc) is 1.95. The largest absolute Gasteiger partial charge is 0.480 e. The fourth-order valence-electron chi connectivity index (χ4n) is 0.545. The molecule has 1 aromatic heterocycles. The lowest BCUT2D eigenvalue weighted by Crippen LogP contribution is -1.90. The summed E-state index contributed by atoms with van der Waals surface area (Å²) in [7, 11) is 1.57. The number of nitrogens with zero attached hydrogens (tertiary/aromatic N) is 1. The molecule has 4 heteroatoms. The quantitative estimate of drug-likeness (QED) is 0.730. The molecule has 1 rings (SSSR count). The van der Waals surface area contributed by atoms with Crippen LogP contribution in [0.3, 0.4) is 0 Å². The second-order valence-electron chi connectivity index (χ2n) is 1.62. The zero-order valence-corrected chi connectivity index (χ0v) is 8.18. The normalized spacial score (nSPS) is 9.50. The number of rotatable bonds is 1. The molecule has 0 saturated heterocycles. The molecular formula is C6H5ClINO. The van der Waals surface area contributed by atoms with E-state index in [1.54, 1.807) is 19.4 Å². The highest BCUT2D eigenvalue weighted by Crippen LogP contribution is 2.24. The van der Waals surface area contributed by atoms with Gasteiger partial charge in [0.2, 0.25) is 5.88 Å². The zero-order chi connectivity index (χ0) is 7.56. The second kappa shape index (κ2) is 3.39. The van der Waals surface area contributed by atoms with Crippen LogP contribution in [0.2, 0.25) is 5.02 Å². The average molecular weight is 269 g/mol. The van der Waals surface area contributed by atoms with Crippen molar-refractivity contribution in [2.75, 3.05) is 7.11 Å². The minimum absolute atomic E-state index is 0.577. The summed E-state index contributed by atoms with van der Waals surface area (Å²) in [4.78, 5) is 3.94. The molecule has 0 N–H and O–H groups in total. The van der Waals surface area contributed by atoms with Crippen LogP contribution < -0.4 is 4.74 Å². The van der Waals surface area contributed by atoms with Crippen molar-refractivity contribution in [2.24, 2.45) is 0 Å². The van der Waals surface area contributed by atoms with Crippen molar-refractivity contribution in [1.82, 2.24) is 4.98 Å². The lowest BCUT2D eigenvalue weighted by Gasteiger charge is -2.00. The lowest BCUT2D eigenvalue weighted by molar-refractivity contribution is 0.394. The molecule has 0 aliphatic carbocycles. The van der Waals surface area contributed by atoms with Crippen LogP contribution in [-0.4, -0.2) is 12.1 Å². The Hall–Kier alpha value is -0.0300. The number of ether oxygens (including phenoxy) is 1. The predicted octanol–water partition coefficient (Wildman–Crippen LogP) is 2.35. The van der Waals surface area contributed by atoms with E-state index >= 15 is 0 Å². The van der Waals surface area contributed by atoms with Crippen molar-refractivity contribution in [3.05, 3.63) is 20.9 Å². The first-order chi connectivity index (χ1) is 4.75. The number of halogens is 2. The van der Waals surface area contributed by atoms with Gasteiger partial charge in [-0.15, -0.1) is 0 Å². The first kappa shape index (κ1) is 8.07. The fourth-order valence-corrected chi connectivity index (χ4v) is 1.22. The van der Waals surface area contributed by atoms with Crippen molar-refractivity contribution < 1.29 is 4.74 Å². The molecule has 0 unspecified atom stereocenters. The van der Waals surface area contributed by atoms with Crippen LogP contribution >= 0.6 is 34.2 Å². The number of methoxy groups -OCH3 is 1. The predicted molar refractivity (Wildman–Crippen MR) is 48.5 cm³/mol. The van der Waals surface area contributed by atoms with E-state index in [9.17, 15) is 0 Å². The van der Waals surface area contributed by atoms with Gasteiger partial charge in [-0.2, -0.15) is 0 Å². The van der Waals surface area contributed by atoms with Gasteiger partial charge in [0, 0.05) is 6.20 Å². The Labute approximate surface area is 77.7 Å². The van der Waals surface area contributed by atoms with Crippen molar-refractivity contribution in [3.63, 3.8) is 0 Å². The maximum Gasteiger partial charge on any atom is 0.228 e. The van der Waals surface area contributed by atoms with Crippen LogP contribution in [0.5, 0.6) is 5.88 Å². The summed E-state index contributed by atoms with van der Waals surface area (Å²) in [5, 5.41) is 0.674. The minimum atomic E-state index is 0.577. The van der Waals surface area contributed by atoms with Gasteiger partial charge in [-0.3, -0.25) is 0 Å². The fraction of sp³-hybridized carbons (Fsp3) is 0.167. The van der Waals surface area contributed by atoms with E-state index in [-0.39, 0.29) is 0 Å². The van der Waals surface area contributed by atoms with Crippen molar-refractivity contribution in [3.8, 4) is 5.88 Å². The Morgan fingerprint density at radius 2 is 2.40 bits per heavy atom. The van der Waals surface area contributed by atoms with Crippen LogP contribution in [0.25, 0.3) is 0 Å². The van der Waals surface area contributed by atoms with E-state index in [1.807, 2.05) is 0 Å².